The Kier molecular flexibility index (Phi) is 10.1. The molecule has 0 saturated heterocycles. The summed E-state index contributed by atoms with van der Waals surface area (Å²) in [5.41, 5.74) is 1.08. The van der Waals surface area contributed by atoms with Crippen LogP contribution in [0.15, 0.2) is 89.8 Å². The Labute approximate surface area is 224 Å². The number of sulfonamides is 1. The Bertz CT molecular complexity index is 1290. The molecule has 3 rings (SSSR count). The van der Waals surface area contributed by atoms with E-state index in [1.54, 1.807) is 43.3 Å². The highest BCUT2D eigenvalue weighted by molar-refractivity contribution is 7.92. The number of amides is 2. The molecule has 0 spiro atoms. The van der Waals surface area contributed by atoms with Crippen LogP contribution in [0, 0.1) is 0 Å². The molecule has 0 aliphatic carbocycles. The van der Waals surface area contributed by atoms with Gasteiger partial charge in [0.2, 0.25) is 11.8 Å². The molecule has 0 aromatic heterocycles. The van der Waals surface area contributed by atoms with Crippen LogP contribution in [0.3, 0.4) is 0 Å². The van der Waals surface area contributed by atoms with Crippen LogP contribution in [0.25, 0.3) is 0 Å². The topological polar surface area (TPSA) is 86.8 Å². The molecule has 0 saturated carbocycles. The molecule has 3 aromatic rings. The molecular weight excluding hydrogens is 510 g/mol. The molecule has 0 aliphatic rings. The molecule has 0 fully saturated rings. The summed E-state index contributed by atoms with van der Waals surface area (Å²) >= 11 is 6.17. The second kappa shape index (κ2) is 13.3. The van der Waals surface area contributed by atoms with E-state index in [0.29, 0.717) is 11.6 Å². The molecule has 196 valence electrons. The summed E-state index contributed by atoms with van der Waals surface area (Å²) < 4.78 is 28.4. The van der Waals surface area contributed by atoms with Gasteiger partial charge in [0.05, 0.1) is 10.6 Å². The highest BCUT2D eigenvalue weighted by Gasteiger charge is 2.32. The number of benzene rings is 3. The lowest BCUT2D eigenvalue weighted by molar-refractivity contribution is -0.139. The lowest BCUT2D eigenvalue weighted by atomic mass is 10.1. The minimum atomic E-state index is -4.11. The summed E-state index contributed by atoms with van der Waals surface area (Å²) in [6, 6.07) is 22.7. The average molecular weight is 542 g/mol. The molecule has 0 heterocycles. The highest BCUT2D eigenvalue weighted by Crippen LogP contribution is 2.26. The van der Waals surface area contributed by atoms with Crippen LogP contribution in [0.4, 0.5) is 5.69 Å². The molecular formula is C28H32ClN3O4S. The quantitative estimate of drug-likeness (QED) is 0.331. The molecule has 0 radical (unpaired) electrons. The van der Waals surface area contributed by atoms with Crippen LogP contribution < -0.4 is 9.62 Å². The van der Waals surface area contributed by atoms with Crippen molar-refractivity contribution in [2.24, 2.45) is 0 Å². The largest absolute Gasteiger partial charge is 0.354 e. The SMILES string of the molecule is CCCCNC(=O)C(C)N(Cc1ccccc1)C(=O)CN(c1cccc(Cl)c1)S(=O)(=O)c1ccccc1. The number of anilines is 1. The molecule has 9 heteroatoms. The van der Waals surface area contributed by atoms with Gasteiger partial charge < -0.3 is 10.2 Å². The zero-order valence-electron chi connectivity index (χ0n) is 21.0. The van der Waals surface area contributed by atoms with Crippen LogP contribution in [0.1, 0.15) is 32.3 Å². The van der Waals surface area contributed by atoms with Crippen LogP contribution >= 0.6 is 11.6 Å². The number of carbonyl (C=O) groups is 2. The van der Waals surface area contributed by atoms with E-state index in [9.17, 15) is 18.0 Å². The van der Waals surface area contributed by atoms with Gasteiger partial charge in [0, 0.05) is 18.1 Å². The van der Waals surface area contributed by atoms with Gasteiger partial charge in [0.15, 0.2) is 0 Å². The average Bonchev–Trinajstić information content (AvgIpc) is 2.91. The van der Waals surface area contributed by atoms with Gasteiger partial charge in [-0.3, -0.25) is 13.9 Å². The number of nitrogens with zero attached hydrogens (tertiary/aromatic N) is 2. The summed E-state index contributed by atoms with van der Waals surface area (Å²) in [6.45, 7) is 3.83. The van der Waals surface area contributed by atoms with Gasteiger partial charge in [-0.2, -0.15) is 0 Å². The molecule has 37 heavy (non-hydrogen) atoms. The first-order chi connectivity index (χ1) is 17.7. The smallest absolute Gasteiger partial charge is 0.264 e. The van der Waals surface area contributed by atoms with Crippen molar-refractivity contribution >= 4 is 39.1 Å². The van der Waals surface area contributed by atoms with Crippen molar-refractivity contribution in [3.8, 4) is 0 Å². The third-order valence-corrected chi connectivity index (χ3v) is 7.92. The zero-order chi connectivity index (χ0) is 26.8. The van der Waals surface area contributed by atoms with Gasteiger partial charge >= 0.3 is 0 Å². The molecule has 7 nitrogen and oxygen atoms in total. The van der Waals surface area contributed by atoms with Crippen LogP contribution in [-0.4, -0.2) is 44.3 Å². The van der Waals surface area contributed by atoms with Crippen molar-refractivity contribution in [3.63, 3.8) is 0 Å². The number of carbonyl (C=O) groups excluding carboxylic acids is 2. The second-order valence-corrected chi connectivity index (χ2v) is 10.9. The second-order valence-electron chi connectivity index (χ2n) is 8.63. The fraction of sp³-hybridized carbons (Fsp3) is 0.286. The maximum Gasteiger partial charge on any atom is 0.264 e. The predicted octanol–water partition coefficient (Wildman–Crippen LogP) is 4.87. The van der Waals surface area contributed by atoms with Crippen molar-refractivity contribution in [2.75, 3.05) is 17.4 Å². The summed E-state index contributed by atoms with van der Waals surface area (Å²) in [7, 11) is -4.11. The van der Waals surface area contributed by atoms with E-state index >= 15 is 0 Å². The Morgan fingerprint density at radius 1 is 0.946 bits per heavy atom. The standard InChI is InChI=1S/C28H32ClN3O4S/c1-3-4-18-30-28(34)22(2)31(20-23-12-7-5-8-13-23)27(33)21-32(25-15-11-14-24(29)19-25)37(35,36)26-16-9-6-10-17-26/h5-17,19,22H,3-4,18,20-21H2,1-2H3,(H,30,34). The predicted molar refractivity (Wildman–Crippen MR) is 147 cm³/mol. The Morgan fingerprint density at radius 2 is 1.59 bits per heavy atom. The zero-order valence-corrected chi connectivity index (χ0v) is 22.6. The lowest BCUT2D eigenvalue weighted by Gasteiger charge is -2.32. The van der Waals surface area contributed by atoms with Crippen molar-refractivity contribution in [1.29, 1.82) is 0 Å². The third-order valence-electron chi connectivity index (χ3n) is 5.90. The summed E-state index contributed by atoms with van der Waals surface area (Å²) in [5, 5.41) is 3.21. The van der Waals surface area contributed by atoms with E-state index in [2.05, 4.69) is 5.32 Å². The fourth-order valence-electron chi connectivity index (χ4n) is 3.78. The van der Waals surface area contributed by atoms with Gasteiger partial charge in [-0.25, -0.2) is 8.42 Å². The van der Waals surface area contributed by atoms with Gasteiger partial charge in [-0.15, -0.1) is 0 Å². The number of hydrogen-bond acceptors (Lipinski definition) is 4. The number of hydrogen-bond donors (Lipinski definition) is 1. The number of rotatable bonds is 12. The number of nitrogens with one attached hydrogen (secondary N) is 1. The Balaban J connectivity index is 1.97. The molecule has 2 amide bonds. The molecule has 1 unspecified atom stereocenters. The van der Waals surface area contributed by atoms with E-state index in [1.165, 1.54) is 23.1 Å². The molecule has 3 aromatic carbocycles. The van der Waals surface area contributed by atoms with Gasteiger partial charge in [0.25, 0.3) is 10.0 Å². The van der Waals surface area contributed by atoms with E-state index in [4.69, 9.17) is 11.6 Å². The molecule has 0 aliphatic heterocycles. The van der Waals surface area contributed by atoms with Crippen LogP contribution in [0.2, 0.25) is 5.02 Å². The van der Waals surface area contributed by atoms with E-state index in [-0.39, 0.29) is 23.0 Å². The first-order valence-corrected chi connectivity index (χ1v) is 14.0. The van der Waals surface area contributed by atoms with Gasteiger partial charge in [-0.1, -0.05) is 79.5 Å². The van der Waals surface area contributed by atoms with Crippen LogP contribution in [-0.2, 0) is 26.2 Å². The first-order valence-electron chi connectivity index (χ1n) is 12.2. The van der Waals surface area contributed by atoms with E-state index in [1.807, 2.05) is 37.3 Å². The number of unbranched alkanes of at least 4 members (excludes halogenated alkanes) is 1. The van der Waals surface area contributed by atoms with E-state index < -0.39 is 28.5 Å². The van der Waals surface area contributed by atoms with Crippen molar-refractivity contribution in [2.45, 2.75) is 44.2 Å². The van der Waals surface area contributed by atoms with Crippen molar-refractivity contribution in [1.82, 2.24) is 10.2 Å². The van der Waals surface area contributed by atoms with Crippen molar-refractivity contribution in [3.05, 3.63) is 95.5 Å². The minimum absolute atomic E-state index is 0.0442. The van der Waals surface area contributed by atoms with Gasteiger partial charge in [0.1, 0.15) is 12.6 Å². The van der Waals surface area contributed by atoms with E-state index in [0.717, 1.165) is 22.7 Å². The van der Waals surface area contributed by atoms with Crippen LogP contribution in [0.5, 0.6) is 0 Å². The molecule has 0 bridgehead atoms. The summed E-state index contributed by atoms with van der Waals surface area (Å²) in [5.74, 6) is -0.806. The normalized spacial score (nSPS) is 12.0. The maximum absolute atomic E-state index is 13.8. The lowest BCUT2D eigenvalue weighted by Crippen LogP contribution is -2.51. The fourth-order valence-corrected chi connectivity index (χ4v) is 5.39. The Hall–Kier alpha value is -3.36. The minimum Gasteiger partial charge on any atom is -0.354 e. The third kappa shape index (κ3) is 7.57. The van der Waals surface area contributed by atoms with Crippen molar-refractivity contribution < 1.29 is 18.0 Å². The maximum atomic E-state index is 13.8. The summed E-state index contributed by atoms with van der Waals surface area (Å²) in [6.07, 6.45) is 1.75. The first kappa shape index (κ1) is 28.2. The highest BCUT2D eigenvalue weighted by atomic mass is 35.5. The summed E-state index contributed by atoms with van der Waals surface area (Å²) in [4.78, 5) is 28.2. The molecule has 1 atom stereocenters. The monoisotopic (exact) mass is 541 g/mol. The number of halogens is 1. The molecule has 1 N–H and O–H groups in total. The Morgan fingerprint density at radius 3 is 2.22 bits per heavy atom. The van der Waals surface area contributed by atoms with Gasteiger partial charge in [-0.05, 0) is 49.2 Å².